The van der Waals surface area contributed by atoms with Gasteiger partial charge >= 0.3 is 0 Å². The minimum Gasteiger partial charge on any atom is -0.313 e. The molecule has 0 aliphatic heterocycles. The minimum atomic E-state index is 0.967. The molecule has 0 aliphatic carbocycles. The van der Waals surface area contributed by atoms with Crippen molar-refractivity contribution < 1.29 is 0 Å². The predicted octanol–water partition coefficient (Wildman–Crippen LogP) is 3.65. The van der Waals surface area contributed by atoms with Crippen LogP contribution in [0.15, 0.2) is 36.4 Å². The van der Waals surface area contributed by atoms with Crippen molar-refractivity contribution in [2.24, 2.45) is 0 Å². The van der Waals surface area contributed by atoms with Gasteiger partial charge < -0.3 is 5.32 Å². The van der Waals surface area contributed by atoms with Crippen molar-refractivity contribution >= 4 is 10.8 Å². The van der Waals surface area contributed by atoms with Gasteiger partial charge in [0.15, 0.2) is 0 Å². The average molecular weight is 213 g/mol. The zero-order chi connectivity index (χ0) is 11.4. The molecule has 0 atom stereocenters. The molecule has 0 saturated carbocycles. The Balaban J connectivity index is 2.35. The van der Waals surface area contributed by atoms with E-state index < -0.39 is 0 Å². The maximum atomic E-state index is 3.46. The molecule has 0 bridgehead atoms. The van der Waals surface area contributed by atoms with Gasteiger partial charge in [-0.25, -0.2) is 0 Å². The van der Waals surface area contributed by atoms with E-state index in [1.807, 2.05) is 0 Å². The van der Waals surface area contributed by atoms with E-state index in [4.69, 9.17) is 0 Å². The van der Waals surface area contributed by atoms with Gasteiger partial charge in [-0.05, 0) is 41.8 Å². The van der Waals surface area contributed by atoms with Crippen LogP contribution in [0.1, 0.15) is 24.5 Å². The summed E-state index contributed by atoms with van der Waals surface area (Å²) in [6, 6.07) is 13.1. The van der Waals surface area contributed by atoms with Gasteiger partial charge in [0.1, 0.15) is 0 Å². The topological polar surface area (TPSA) is 12.0 Å². The van der Waals surface area contributed by atoms with E-state index in [2.05, 4.69) is 55.6 Å². The zero-order valence-electron chi connectivity index (χ0n) is 10.1. The van der Waals surface area contributed by atoms with Gasteiger partial charge in [0, 0.05) is 6.54 Å². The minimum absolute atomic E-state index is 0.967. The third-order valence-corrected chi connectivity index (χ3v) is 2.97. The van der Waals surface area contributed by atoms with Crippen LogP contribution in [0.3, 0.4) is 0 Å². The fourth-order valence-electron chi connectivity index (χ4n) is 2.07. The number of hydrogen-bond acceptors (Lipinski definition) is 1. The molecular weight excluding hydrogens is 194 g/mol. The fraction of sp³-hybridized carbons (Fsp3) is 0.333. The molecule has 0 unspecified atom stereocenters. The van der Waals surface area contributed by atoms with Crippen LogP contribution < -0.4 is 5.32 Å². The molecule has 1 nitrogen and oxygen atoms in total. The molecule has 1 N–H and O–H groups in total. The molecular formula is C15H19N. The summed E-state index contributed by atoms with van der Waals surface area (Å²) >= 11 is 0. The molecule has 0 spiro atoms. The lowest BCUT2D eigenvalue weighted by Gasteiger charge is -2.09. The fourth-order valence-corrected chi connectivity index (χ4v) is 2.07. The highest BCUT2D eigenvalue weighted by atomic mass is 14.8. The number of nitrogens with one attached hydrogen (secondary N) is 1. The quantitative estimate of drug-likeness (QED) is 0.764. The molecule has 2 aromatic carbocycles. The Bertz CT molecular complexity index is 474. The van der Waals surface area contributed by atoms with Crippen molar-refractivity contribution in [3.8, 4) is 0 Å². The van der Waals surface area contributed by atoms with Crippen LogP contribution in [-0.2, 0) is 6.54 Å². The van der Waals surface area contributed by atoms with Crippen molar-refractivity contribution in [1.82, 2.24) is 5.32 Å². The summed E-state index contributed by atoms with van der Waals surface area (Å²) in [7, 11) is 0. The Hall–Kier alpha value is -1.34. The Morgan fingerprint density at radius 1 is 1.00 bits per heavy atom. The third-order valence-electron chi connectivity index (χ3n) is 2.97. The molecule has 0 amide bonds. The van der Waals surface area contributed by atoms with Crippen molar-refractivity contribution in [2.75, 3.05) is 6.54 Å². The van der Waals surface area contributed by atoms with Gasteiger partial charge in [0.05, 0.1) is 0 Å². The summed E-state index contributed by atoms with van der Waals surface area (Å²) < 4.78 is 0. The van der Waals surface area contributed by atoms with E-state index in [9.17, 15) is 0 Å². The van der Waals surface area contributed by atoms with Gasteiger partial charge in [-0.15, -0.1) is 0 Å². The number of benzene rings is 2. The van der Waals surface area contributed by atoms with Crippen molar-refractivity contribution in [2.45, 2.75) is 26.8 Å². The Morgan fingerprint density at radius 3 is 2.50 bits per heavy atom. The molecule has 16 heavy (non-hydrogen) atoms. The molecule has 0 aromatic heterocycles. The Morgan fingerprint density at radius 2 is 1.75 bits per heavy atom. The zero-order valence-corrected chi connectivity index (χ0v) is 10.1. The van der Waals surface area contributed by atoms with E-state index >= 15 is 0 Å². The second-order valence-corrected chi connectivity index (χ2v) is 4.26. The van der Waals surface area contributed by atoms with Crippen LogP contribution in [0.25, 0.3) is 10.8 Å². The lowest BCUT2D eigenvalue weighted by Crippen LogP contribution is -2.14. The molecule has 0 radical (unpaired) electrons. The van der Waals surface area contributed by atoms with Crippen LogP contribution in [-0.4, -0.2) is 6.54 Å². The summed E-state index contributed by atoms with van der Waals surface area (Å²) in [4.78, 5) is 0. The van der Waals surface area contributed by atoms with Crippen LogP contribution in [0, 0.1) is 6.92 Å². The predicted molar refractivity (Wildman–Crippen MR) is 70.7 cm³/mol. The smallest absolute Gasteiger partial charge is 0.0211 e. The standard InChI is InChI=1S/C15H19N/c1-3-10-16-11-13-9-8-12(2)14-6-4-5-7-15(13)14/h4-9,16H,3,10-11H2,1-2H3. The first-order valence-electron chi connectivity index (χ1n) is 6.01. The summed E-state index contributed by atoms with van der Waals surface area (Å²) in [5.41, 5.74) is 2.75. The molecule has 0 saturated heterocycles. The lowest BCUT2D eigenvalue weighted by molar-refractivity contribution is 0.678. The summed E-state index contributed by atoms with van der Waals surface area (Å²) in [5, 5.41) is 6.22. The van der Waals surface area contributed by atoms with E-state index in [1.165, 1.54) is 28.3 Å². The van der Waals surface area contributed by atoms with Gasteiger partial charge in [0.2, 0.25) is 0 Å². The molecule has 2 aromatic rings. The van der Waals surface area contributed by atoms with Gasteiger partial charge in [0.25, 0.3) is 0 Å². The van der Waals surface area contributed by atoms with E-state index in [1.54, 1.807) is 0 Å². The number of aryl methyl sites for hydroxylation is 1. The molecule has 0 fully saturated rings. The highest BCUT2D eigenvalue weighted by Gasteiger charge is 2.01. The van der Waals surface area contributed by atoms with Gasteiger partial charge in [-0.2, -0.15) is 0 Å². The van der Waals surface area contributed by atoms with E-state index in [-0.39, 0.29) is 0 Å². The van der Waals surface area contributed by atoms with Crippen LogP contribution in [0.5, 0.6) is 0 Å². The first-order chi connectivity index (χ1) is 7.83. The molecule has 2 rings (SSSR count). The Labute approximate surface area is 97.5 Å². The first kappa shape index (κ1) is 11.2. The normalized spacial score (nSPS) is 10.9. The van der Waals surface area contributed by atoms with Crippen LogP contribution in [0.4, 0.5) is 0 Å². The van der Waals surface area contributed by atoms with E-state index in [0.29, 0.717) is 0 Å². The van der Waals surface area contributed by atoms with Crippen LogP contribution in [0.2, 0.25) is 0 Å². The highest BCUT2D eigenvalue weighted by Crippen LogP contribution is 2.22. The summed E-state index contributed by atoms with van der Waals surface area (Å²) in [5.74, 6) is 0. The number of rotatable bonds is 4. The molecule has 84 valence electrons. The molecule has 1 heteroatoms. The largest absolute Gasteiger partial charge is 0.313 e. The second-order valence-electron chi connectivity index (χ2n) is 4.26. The maximum Gasteiger partial charge on any atom is 0.0211 e. The van der Waals surface area contributed by atoms with Gasteiger partial charge in [-0.3, -0.25) is 0 Å². The van der Waals surface area contributed by atoms with Crippen molar-refractivity contribution in [3.63, 3.8) is 0 Å². The summed E-state index contributed by atoms with van der Waals surface area (Å²) in [6.45, 7) is 6.42. The first-order valence-corrected chi connectivity index (χ1v) is 6.01. The van der Waals surface area contributed by atoms with Crippen molar-refractivity contribution in [3.05, 3.63) is 47.5 Å². The third kappa shape index (κ3) is 2.25. The highest BCUT2D eigenvalue weighted by molar-refractivity contribution is 5.88. The SMILES string of the molecule is CCCNCc1ccc(C)c2ccccc12. The Kier molecular flexibility index (Phi) is 3.58. The molecule has 0 aliphatic rings. The summed E-state index contributed by atoms with van der Waals surface area (Å²) in [6.07, 6.45) is 1.18. The average Bonchev–Trinajstić information content (AvgIpc) is 2.33. The van der Waals surface area contributed by atoms with Crippen molar-refractivity contribution in [1.29, 1.82) is 0 Å². The second kappa shape index (κ2) is 5.13. The van der Waals surface area contributed by atoms with Gasteiger partial charge in [-0.1, -0.05) is 43.3 Å². The van der Waals surface area contributed by atoms with E-state index in [0.717, 1.165) is 13.1 Å². The number of fused-ring (bicyclic) bond motifs is 1. The lowest BCUT2D eigenvalue weighted by atomic mass is 10.0. The number of hydrogen-bond donors (Lipinski definition) is 1. The maximum absolute atomic E-state index is 3.46. The van der Waals surface area contributed by atoms with Crippen LogP contribution >= 0.6 is 0 Å². The monoisotopic (exact) mass is 213 g/mol. The molecule has 0 heterocycles.